The number of nitrogens with two attached hydrogens (primary N) is 2. The quantitative estimate of drug-likeness (QED) is 0.264. The van der Waals surface area contributed by atoms with E-state index in [1.807, 2.05) is 0 Å². The first-order valence-corrected chi connectivity index (χ1v) is 7.42. The number of anilines is 1. The summed E-state index contributed by atoms with van der Waals surface area (Å²) in [7, 11) is 1.51. The highest BCUT2D eigenvalue weighted by molar-refractivity contribution is 6.04. The largest absolute Gasteiger partial charge is 0.398 e. The first-order chi connectivity index (χ1) is 10.9. The molecule has 0 radical (unpaired) electrons. The fraction of sp³-hybridized carbons (Fsp3) is 0.438. The van der Waals surface area contributed by atoms with Gasteiger partial charge in [0, 0.05) is 24.7 Å². The zero-order valence-corrected chi connectivity index (χ0v) is 13.1. The molecule has 0 bridgehead atoms. The molecule has 126 valence electrons. The lowest BCUT2D eigenvalue weighted by molar-refractivity contribution is -0.107. The molecule has 2 unspecified atom stereocenters. The van der Waals surface area contributed by atoms with Crippen molar-refractivity contribution in [2.24, 2.45) is 5.73 Å². The highest BCUT2D eigenvalue weighted by Gasteiger charge is 2.26. The van der Waals surface area contributed by atoms with Gasteiger partial charge >= 0.3 is 0 Å². The van der Waals surface area contributed by atoms with Crippen LogP contribution in [-0.2, 0) is 4.79 Å². The molecule has 7 heteroatoms. The summed E-state index contributed by atoms with van der Waals surface area (Å²) in [5, 5.41) is 9.74. The highest BCUT2D eigenvalue weighted by atomic mass is 16.3. The number of nitrogens with zero attached hydrogens (tertiary/aromatic N) is 1. The number of nitrogen functional groups attached to an aromatic ring is 1. The smallest absolute Gasteiger partial charge is 0.254 e. The van der Waals surface area contributed by atoms with Gasteiger partial charge in [-0.1, -0.05) is 12.5 Å². The number of carbonyl (C=O) groups is 3. The molecule has 0 aromatic heterocycles. The number of amides is 1. The van der Waals surface area contributed by atoms with E-state index in [0.29, 0.717) is 32.0 Å². The van der Waals surface area contributed by atoms with Crippen molar-refractivity contribution in [1.82, 2.24) is 4.90 Å². The van der Waals surface area contributed by atoms with Crippen LogP contribution >= 0.6 is 0 Å². The van der Waals surface area contributed by atoms with Crippen molar-refractivity contribution < 1.29 is 19.5 Å². The van der Waals surface area contributed by atoms with Gasteiger partial charge in [0.1, 0.15) is 12.5 Å². The van der Waals surface area contributed by atoms with E-state index in [2.05, 4.69) is 0 Å². The predicted octanol–water partition coefficient (Wildman–Crippen LogP) is 0.558. The Hall–Kier alpha value is -2.25. The molecule has 23 heavy (non-hydrogen) atoms. The van der Waals surface area contributed by atoms with Crippen molar-refractivity contribution in [3.05, 3.63) is 29.3 Å². The second-order valence-corrected chi connectivity index (χ2v) is 5.35. The summed E-state index contributed by atoms with van der Waals surface area (Å²) >= 11 is 0. The number of hydrogen-bond donors (Lipinski definition) is 3. The summed E-state index contributed by atoms with van der Waals surface area (Å²) in [4.78, 5) is 35.4. The lowest BCUT2D eigenvalue weighted by Crippen LogP contribution is -2.48. The lowest BCUT2D eigenvalue weighted by Gasteiger charge is -2.30. The summed E-state index contributed by atoms with van der Waals surface area (Å²) < 4.78 is 0. The van der Waals surface area contributed by atoms with Gasteiger partial charge in [-0.25, -0.2) is 0 Å². The van der Waals surface area contributed by atoms with Gasteiger partial charge in [0.25, 0.3) is 5.91 Å². The third kappa shape index (κ3) is 4.87. The molecule has 0 saturated heterocycles. The van der Waals surface area contributed by atoms with Gasteiger partial charge < -0.3 is 26.3 Å². The molecule has 2 atom stereocenters. The Bertz CT molecular complexity index is 560. The van der Waals surface area contributed by atoms with Crippen molar-refractivity contribution in [1.29, 1.82) is 0 Å². The molecule has 1 amide bonds. The van der Waals surface area contributed by atoms with Crippen LogP contribution in [0.3, 0.4) is 0 Å². The summed E-state index contributed by atoms with van der Waals surface area (Å²) in [6.45, 7) is 0. The van der Waals surface area contributed by atoms with E-state index in [-0.39, 0.29) is 16.8 Å². The van der Waals surface area contributed by atoms with E-state index in [0.717, 1.165) is 6.29 Å². The van der Waals surface area contributed by atoms with Crippen LogP contribution < -0.4 is 11.5 Å². The van der Waals surface area contributed by atoms with Crippen LogP contribution in [0.15, 0.2) is 18.2 Å². The van der Waals surface area contributed by atoms with Crippen molar-refractivity contribution in [3.63, 3.8) is 0 Å². The Labute approximate surface area is 135 Å². The Morgan fingerprint density at radius 1 is 1.35 bits per heavy atom. The minimum Gasteiger partial charge on any atom is -0.398 e. The van der Waals surface area contributed by atoms with E-state index < -0.39 is 18.2 Å². The third-order valence-corrected chi connectivity index (χ3v) is 3.77. The standard InChI is InChI=1S/C16H23N3O4/c1-19(14(15(18)22)8-3-2-4-9-20)16(23)11-6-5-7-13(17)12(11)10-21/h5-7,9-10,14-15,22H,2-4,8,17-18H2,1H3. The summed E-state index contributed by atoms with van der Waals surface area (Å²) in [5.74, 6) is -0.440. The average molecular weight is 321 g/mol. The van der Waals surface area contributed by atoms with Gasteiger partial charge in [0.05, 0.1) is 11.6 Å². The number of aldehydes is 2. The van der Waals surface area contributed by atoms with E-state index in [9.17, 15) is 19.5 Å². The molecule has 1 aromatic rings. The summed E-state index contributed by atoms with van der Waals surface area (Å²) in [6.07, 6.45) is 2.32. The number of rotatable bonds is 9. The second-order valence-electron chi connectivity index (χ2n) is 5.35. The maximum atomic E-state index is 12.6. The monoisotopic (exact) mass is 321 g/mol. The Morgan fingerprint density at radius 2 is 2.04 bits per heavy atom. The minimum atomic E-state index is -1.22. The number of likely N-dealkylation sites (N-methyl/N-ethyl adjacent to an activating group) is 1. The zero-order chi connectivity index (χ0) is 17.4. The van der Waals surface area contributed by atoms with Gasteiger partial charge in [0.2, 0.25) is 0 Å². The molecule has 7 nitrogen and oxygen atoms in total. The van der Waals surface area contributed by atoms with Crippen LogP contribution in [-0.4, -0.2) is 47.8 Å². The van der Waals surface area contributed by atoms with Gasteiger partial charge in [-0.05, 0) is 25.0 Å². The molecule has 0 aliphatic heterocycles. The molecule has 0 heterocycles. The van der Waals surface area contributed by atoms with Gasteiger partial charge in [-0.2, -0.15) is 0 Å². The Kier molecular flexibility index (Phi) is 7.37. The molecule has 0 fully saturated rings. The second kappa shape index (κ2) is 9.02. The number of hydrogen-bond acceptors (Lipinski definition) is 6. The fourth-order valence-electron chi connectivity index (χ4n) is 2.42. The summed E-state index contributed by atoms with van der Waals surface area (Å²) in [5.41, 5.74) is 11.8. The maximum absolute atomic E-state index is 12.6. The molecule has 5 N–H and O–H groups in total. The minimum absolute atomic E-state index is 0.121. The lowest BCUT2D eigenvalue weighted by atomic mass is 10.0. The Morgan fingerprint density at radius 3 is 2.61 bits per heavy atom. The summed E-state index contributed by atoms with van der Waals surface area (Å²) in [6, 6.07) is 4.01. The fourth-order valence-corrected chi connectivity index (χ4v) is 2.42. The van der Waals surface area contributed by atoms with Gasteiger partial charge in [0.15, 0.2) is 6.29 Å². The molecule has 0 aliphatic carbocycles. The molecule has 0 aliphatic rings. The number of benzene rings is 1. The number of unbranched alkanes of at least 4 members (excludes halogenated alkanes) is 2. The van der Waals surface area contributed by atoms with Crippen LogP contribution in [0.1, 0.15) is 46.4 Å². The highest BCUT2D eigenvalue weighted by Crippen LogP contribution is 2.19. The predicted molar refractivity (Wildman–Crippen MR) is 86.8 cm³/mol. The molecule has 1 rings (SSSR count). The van der Waals surface area contributed by atoms with Crippen molar-refractivity contribution in [2.45, 2.75) is 38.0 Å². The normalized spacial score (nSPS) is 13.2. The Balaban J connectivity index is 2.93. The number of aliphatic hydroxyl groups is 1. The van der Waals surface area contributed by atoms with E-state index in [1.54, 1.807) is 6.07 Å². The van der Waals surface area contributed by atoms with Gasteiger partial charge in [-0.15, -0.1) is 0 Å². The topological polar surface area (TPSA) is 127 Å². The van der Waals surface area contributed by atoms with E-state index in [4.69, 9.17) is 11.5 Å². The number of aliphatic hydroxyl groups excluding tert-OH is 1. The van der Waals surface area contributed by atoms with Gasteiger partial charge in [-0.3, -0.25) is 9.59 Å². The zero-order valence-electron chi connectivity index (χ0n) is 13.1. The van der Waals surface area contributed by atoms with E-state index in [1.165, 1.54) is 24.1 Å². The van der Waals surface area contributed by atoms with Crippen LogP contribution in [0.25, 0.3) is 0 Å². The maximum Gasteiger partial charge on any atom is 0.254 e. The molecule has 0 saturated carbocycles. The van der Waals surface area contributed by atoms with Crippen molar-refractivity contribution in [2.75, 3.05) is 12.8 Å². The molecular formula is C16H23N3O4. The van der Waals surface area contributed by atoms with Crippen molar-refractivity contribution in [3.8, 4) is 0 Å². The third-order valence-electron chi connectivity index (χ3n) is 3.77. The molecule has 0 spiro atoms. The molecule has 1 aromatic carbocycles. The number of carbonyl (C=O) groups excluding carboxylic acids is 3. The van der Waals surface area contributed by atoms with E-state index >= 15 is 0 Å². The first kappa shape index (κ1) is 18.8. The van der Waals surface area contributed by atoms with Crippen molar-refractivity contribution >= 4 is 24.2 Å². The SMILES string of the molecule is CN(C(=O)c1cccc(N)c1C=O)C(CCCCC=O)C(N)O. The average Bonchev–Trinajstić information content (AvgIpc) is 2.53. The molecular weight excluding hydrogens is 298 g/mol. The first-order valence-electron chi connectivity index (χ1n) is 7.42. The van der Waals surface area contributed by atoms with Crippen LogP contribution in [0, 0.1) is 0 Å². The van der Waals surface area contributed by atoms with Crippen LogP contribution in [0.2, 0.25) is 0 Å². The van der Waals surface area contributed by atoms with Crippen LogP contribution in [0.5, 0.6) is 0 Å². The van der Waals surface area contributed by atoms with Crippen LogP contribution in [0.4, 0.5) is 5.69 Å².